The monoisotopic (exact) mass is 328 g/mol. The van der Waals surface area contributed by atoms with Crippen molar-refractivity contribution in [2.75, 3.05) is 6.61 Å². The average molecular weight is 328 g/mol. The summed E-state index contributed by atoms with van der Waals surface area (Å²) in [4.78, 5) is 17.9. The SMILES string of the molecule is Cc1ccccc1-n1c(C)cc(C(=O)NO[C@@H]2CCCCO2)c1C. The number of aryl methyl sites for hydroxylation is 2. The summed E-state index contributed by atoms with van der Waals surface area (Å²) >= 11 is 0. The van der Waals surface area contributed by atoms with Crippen molar-refractivity contribution in [2.45, 2.75) is 46.3 Å². The Labute approximate surface area is 142 Å². The zero-order valence-corrected chi connectivity index (χ0v) is 14.5. The lowest BCUT2D eigenvalue weighted by Crippen LogP contribution is -2.33. The van der Waals surface area contributed by atoms with Crippen LogP contribution in [0.1, 0.15) is 46.6 Å². The standard InChI is InChI=1S/C19H24N2O3/c1-13-8-4-5-9-17(13)21-14(2)12-16(15(21)3)19(22)20-24-18-10-6-7-11-23-18/h4-5,8-9,12,18H,6-7,10-11H2,1-3H3,(H,20,22)/t18-/m1/s1. The van der Waals surface area contributed by atoms with Gasteiger partial charge < -0.3 is 9.30 Å². The Hall–Kier alpha value is -2.11. The van der Waals surface area contributed by atoms with Crippen LogP contribution >= 0.6 is 0 Å². The van der Waals surface area contributed by atoms with Gasteiger partial charge in [0.1, 0.15) is 0 Å². The van der Waals surface area contributed by atoms with E-state index in [4.69, 9.17) is 9.57 Å². The second-order valence-electron chi connectivity index (χ2n) is 6.25. The van der Waals surface area contributed by atoms with E-state index in [1.165, 1.54) is 0 Å². The number of ether oxygens (including phenoxy) is 1. The minimum atomic E-state index is -0.345. The van der Waals surface area contributed by atoms with Crippen molar-refractivity contribution >= 4 is 5.91 Å². The van der Waals surface area contributed by atoms with Gasteiger partial charge in [0.15, 0.2) is 6.29 Å². The molecule has 0 spiro atoms. The third kappa shape index (κ3) is 3.37. The lowest BCUT2D eigenvalue weighted by atomic mass is 10.2. The number of nitrogens with zero attached hydrogens (tertiary/aromatic N) is 1. The molecule has 1 atom stereocenters. The van der Waals surface area contributed by atoms with Crippen LogP contribution in [0.4, 0.5) is 0 Å². The van der Waals surface area contributed by atoms with E-state index < -0.39 is 0 Å². The van der Waals surface area contributed by atoms with Crippen LogP contribution in [0.5, 0.6) is 0 Å². The average Bonchev–Trinajstić information content (AvgIpc) is 2.89. The molecule has 0 unspecified atom stereocenters. The zero-order valence-electron chi connectivity index (χ0n) is 14.5. The highest BCUT2D eigenvalue weighted by molar-refractivity contribution is 5.95. The van der Waals surface area contributed by atoms with Crippen LogP contribution in [0.25, 0.3) is 5.69 Å². The van der Waals surface area contributed by atoms with Gasteiger partial charge in [-0.05, 0) is 51.3 Å². The van der Waals surface area contributed by atoms with E-state index in [9.17, 15) is 4.79 Å². The molecular formula is C19H24N2O3. The first kappa shape index (κ1) is 16.7. The van der Waals surface area contributed by atoms with Crippen LogP contribution in [-0.4, -0.2) is 23.4 Å². The molecule has 2 aromatic rings. The number of hydrogen-bond acceptors (Lipinski definition) is 3. The van der Waals surface area contributed by atoms with E-state index in [1.807, 2.05) is 32.0 Å². The van der Waals surface area contributed by atoms with Gasteiger partial charge in [0.2, 0.25) is 0 Å². The molecule has 0 saturated carbocycles. The van der Waals surface area contributed by atoms with Crippen LogP contribution < -0.4 is 5.48 Å². The summed E-state index contributed by atoms with van der Waals surface area (Å²) < 4.78 is 7.56. The van der Waals surface area contributed by atoms with Gasteiger partial charge in [-0.15, -0.1) is 0 Å². The predicted octanol–water partition coefficient (Wildman–Crippen LogP) is 3.59. The van der Waals surface area contributed by atoms with Crippen LogP contribution in [0.3, 0.4) is 0 Å². The molecule has 1 aromatic carbocycles. The summed E-state index contributed by atoms with van der Waals surface area (Å²) in [5.74, 6) is -0.239. The largest absolute Gasteiger partial charge is 0.350 e. The Morgan fingerprint density at radius 1 is 1.25 bits per heavy atom. The molecule has 1 fully saturated rings. The zero-order chi connectivity index (χ0) is 17.1. The topological polar surface area (TPSA) is 52.5 Å². The Morgan fingerprint density at radius 3 is 2.75 bits per heavy atom. The second-order valence-corrected chi connectivity index (χ2v) is 6.25. The molecule has 1 N–H and O–H groups in total. The highest BCUT2D eigenvalue weighted by atomic mass is 16.8. The van der Waals surface area contributed by atoms with Crippen molar-refractivity contribution in [3.8, 4) is 5.69 Å². The van der Waals surface area contributed by atoms with Crippen molar-refractivity contribution in [1.29, 1.82) is 0 Å². The lowest BCUT2D eigenvalue weighted by Gasteiger charge is -2.22. The quantitative estimate of drug-likeness (QED) is 0.873. The molecule has 1 aromatic heterocycles. The molecule has 24 heavy (non-hydrogen) atoms. The Bertz CT molecular complexity index is 730. The van der Waals surface area contributed by atoms with E-state index in [1.54, 1.807) is 0 Å². The summed E-state index contributed by atoms with van der Waals surface area (Å²) in [6, 6.07) is 10.0. The Kier molecular flexibility index (Phi) is 5.02. The van der Waals surface area contributed by atoms with Gasteiger partial charge in [-0.3, -0.25) is 4.79 Å². The van der Waals surface area contributed by atoms with Crippen molar-refractivity contribution in [3.63, 3.8) is 0 Å². The van der Waals surface area contributed by atoms with Crippen LogP contribution in [-0.2, 0) is 9.57 Å². The molecule has 1 saturated heterocycles. The first-order valence-corrected chi connectivity index (χ1v) is 8.40. The fraction of sp³-hybridized carbons (Fsp3) is 0.421. The second kappa shape index (κ2) is 7.20. The van der Waals surface area contributed by atoms with Crippen LogP contribution in [0.15, 0.2) is 30.3 Å². The van der Waals surface area contributed by atoms with E-state index >= 15 is 0 Å². The molecule has 0 bridgehead atoms. The number of aromatic nitrogens is 1. The highest BCUT2D eigenvalue weighted by Crippen LogP contribution is 2.23. The number of amides is 1. The summed E-state index contributed by atoms with van der Waals surface area (Å²) in [5, 5.41) is 0. The van der Waals surface area contributed by atoms with Crippen molar-refractivity contribution in [1.82, 2.24) is 10.0 Å². The van der Waals surface area contributed by atoms with E-state index in [-0.39, 0.29) is 12.2 Å². The molecule has 5 nitrogen and oxygen atoms in total. The highest BCUT2D eigenvalue weighted by Gasteiger charge is 2.20. The summed E-state index contributed by atoms with van der Waals surface area (Å²) in [6.45, 7) is 6.70. The van der Waals surface area contributed by atoms with Gasteiger partial charge in [0.05, 0.1) is 5.56 Å². The first-order chi connectivity index (χ1) is 11.6. The van der Waals surface area contributed by atoms with E-state index in [0.29, 0.717) is 12.2 Å². The fourth-order valence-corrected chi connectivity index (χ4v) is 3.16. The molecule has 0 aliphatic carbocycles. The molecule has 5 heteroatoms. The van der Waals surface area contributed by atoms with Gasteiger partial charge in [-0.25, -0.2) is 10.3 Å². The smallest absolute Gasteiger partial charge is 0.276 e. The number of nitrogens with one attached hydrogen (secondary N) is 1. The molecule has 128 valence electrons. The van der Waals surface area contributed by atoms with Gasteiger partial charge in [0, 0.05) is 30.1 Å². The molecular weight excluding hydrogens is 304 g/mol. The maximum Gasteiger partial charge on any atom is 0.276 e. The molecule has 1 aliphatic rings. The third-order valence-electron chi connectivity index (χ3n) is 4.45. The Balaban J connectivity index is 1.78. The first-order valence-electron chi connectivity index (χ1n) is 8.40. The number of benzene rings is 1. The minimum absolute atomic E-state index is 0.239. The van der Waals surface area contributed by atoms with Gasteiger partial charge in [-0.2, -0.15) is 0 Å². The number of hydroxylamine groups is 1. The molecule has 1 aliphatic heterocycles. The molecule has 1 amide bonds. The molecule has 0 radical (unpaired) electrons. The van der Waals surface area contributed by atoms with E-state index in [0.717, 1.165) is 41.9 Å². The number of carbonyl (C=O) groups is 1. The number of para-hydroxylation sites is 1. The molecule has 3 rings (SSSR count). The Morgan fingerprint density at radius 2 is 2.04 bits per heavy atom. The maximum absolute atomic E-state index is 12.5. The summed E-state index contributed by atoms with van der Waals surface area (Å²) in [7, 11) is 0. The number of hydrogen-bond donors (Lipinski definition) is 1. The minimum Gasteiger partial charge on any atom is -0.350 e. The van der Waals surface area contributed by atoms with Crippen LogP contribution in [0.2, 0.25) is 0 Å². The summed E-state index contributed by atoms with van der Waals surface area (Å²) in [5.41, 5.74) is 7.32. The lowest BCUT2D eigenvalue weighted by molar-refractivity contribution is -0.186. The normalized spacial score (nSPS) is 17.7. The number of rotatable bonds is 4. The fourth-order valence-electron chi connectivity index (χ4n) is 3.16. The third-order valence-corrected chi connectivity index (χ3v) is 4.45. The van der Waals surface area contributed by atoms with E-state index in [2.05, 4.69) is 29.1 Å². The van der Waals surface area contributed by atoms with Gasteiger partial charge >= 0.3 is 0 Å². The maximum atomic E-state index is 12.5. The van der Waals surface area contributed by atoms with Crippen LogP contribution in [0, 0.1) is 20.8 Å². The number of carbonyl (C=O) groups excluding carboxylic acids is 1. The van der Waals surface area contributed by atoms with Crippen molar-refractivity contribution in [2.24, 2.45) is 0 Å². The van der Waals surface area contributed by atoms with Gasteiger partial charge in [0.25, 0.3) is 5.91 Å². The van der Waals surface area contributed by atoms with Gasteiger partial charge in [-0.1, -0.05) is 18.2 Å². The van der Waals surface area contributed by atoms with Crippen molar-refractivity contribution in [3.05, 3.63) is 52.8 Å². The predicted molar refractivity (Wildman–Crippen MR) is 92.1 cm³/mol. The molecule has 2 heterocycles. The summed E-state index contributed by atoms with van der Waals surface area (Å²) in [6.07, 6.45) is 2.57. The van der Waals surface area contributed by atoms with Crippen molar-refractivity contribution < 1.29 is 14.4 Å².